The van der Waals surface area contributed by atoms with Crippen LogP contribution < -0.4 is 4.90 Å². The number of rotatable bonds is 2. The molecule has 2 bridgehead atoms. The molecule has 1 aliphatic heterocycles. The van der Waals surface area contributed by atoms with E-state index in [2.05, 4.69) is 12.2 Å². The van der Waals surface area contributed by atoms with Gasteiger partial charge in [0.1, 0.15) is 0 Å². The number of ether oxygens (including phenoxy) is 1. The van der Waals surface area contributed by atoms with Crippen molar-refractivity contribution in [1.82, 2.24) is 0 Å². The summed E-state index contributed by atoms with van der Waals surface area (Å²) < 4.78 is 4.80. The lowest BCUT2D eigenvalue weighted by molar-refractivity contribution is -0.123. The van der Waals surface area contributed by atoms with Crippen LogP contribution in [-0.2, 0) is 14.3 Å². The molecule has 0 N–H and O–H groups in total. The fraction of sp³-hybridized carbons (Fsp3) is 0.421. The van der Waals surface area contributed by atoms with E-state index in [1.54, 1.807) is 24.3 Å². The van der Waals surface area contributed by atoms with Crippen LogP contribution in [0.15, 0.2) is 36.4 Å². The normalized spacial score (nSPS) is 34.1. The second-order valence-electron chi connectivity index (χ2n) is 7.24. The molecule has 5 heteroatoms. The smallest absolute Gasteiger partial charge is 0.339 e. The summed E-state index contributed by atoms with van der Waals surface area (Å²) in [5.41, 5.74) is 0.773. The zero-order valence-corrected chi connectivity index (χ0v) is 13.3. The van der Waals surface area contributed by atoms with E-state index in [0.29, 0.717) is 5.69 Å². The van der Waals surface area contributed by atoms with Crippen LogP contribution in [0.1, 0.15) is 23.2 Å². The molecule has 2 amide bonds. The van der Waals surface area contributed by atoms with E-state index in [0.717, 1.165) is 12.8 Å². The highest BCUT2D eigenvalue weighted by Gasteiger charge is 2.73. The molecule has 1 heterocycles. The monoisotopic (exact) mass is 323 g/mol. The molecule has 0 unspecified atom stereocenters. The van der Waals surface area contributed by atoms with Crippen LogP contribution in [0.25, 0.3) is 0 Å². The Bertz CT molecular complexity index is 788. The predicted octanol–water partition coefficient (Wildman–Crippen LogP) is 2.17. The number of anilines is 1. The van der Waals surface area contributed by atoms with Crippen LogP contribution >= 0.6 is 0 Å². The van der Waals surface area contributed by atoms with Crippen LogP contribution in [0.3, 0.4) is 0 Å². The Balaban J connectivity index is 1.58. The maximum absolute atomic E-state index is 13.1. The molecule has 0 radical (unpaired) electrons. The van der Waals surface area contributed by atoms with Gasteiger partial charge < -0.3 is 4.74 Å². The van der Waals surface area contributed by atoms with Crippen molar-refractivity contribution in [3.63, 3.8) is 0 Å². The third kappa shape index (κ3) is 1.44. The van der Waals surface area contributed by atoms with Crippen LogP contribution in [0.2, 0.25) is 0 Å². The van der Waals surface area contributed by atoms with Crippen molar-refractivity contribution in [2.24, 2.45) is 29.1 Å². The highest BCUT2D eigenvalue weighted by Crippen LogP contribution is 2.73. The Hall–Kier alpha value is -2.43. The first-order chi connectivity index (χ1) is 11.6. The summed E-state index contributed by atoms with van der Waals surface area (Å²) >= 11 is 0. The first-order valence-electron chi connectivity index (χ1n) is 8.33. The highest BCUT2D eigenvalue weighted by molar-refractivity contribution is 6.24. The molecular formula is C19H17NO4. The Morgan fingerprint density at radius 2 is 1.67 bits per heavy atom. The van der Waals surface area contributed by atoms with Crippen LogP contribution in [0.5, 0.6) is 0 Å². The van der Waals surface area contributed by atoms with Gasteiger partial charge in [0.25, 0.3) is 0 Å². The number of esters is 1. The number of imide groups is 1. The van der Waals surface area contributed by atoms with Gasteiger partial charge in [0.15, 0.2) is 0 Å². The number of allylic oxidation sites excluding steroid dienone is 2. The summed E-state index contributed by atoms with van der Waals surface area (Å²) in [6, 6.07) is 6.66. The van der Waals surface area contributed by atoms with Crippen molar-refractivity contribution in [3.05, 3.63) is 42.0 Å². The molecule has 1 aromatic carbocycles. The summed E-state index contributed by atoms with van der Waals surface area (Å²) in [4.78, 5) is 39.4. The quantitative estimate of drug-likeness (QED) is 0.475. The SMILES string of the molecule is COC(=O)c1ccccc1N1C(=O)[C@@H]2[C@@H](C1=O)[C@@H]1C=C[C@H]2C12CC2. The first-order valence-corrected chi connectivity index (χ1v) is 8.33. The number of carbonyl (C=O) groups is 3. The molecule has 2 saturated carbocycles. The van der Waals surface area contributed by atoms with Gasteiger partial charge in [-0.3, -0.25) is 9.59 Å². The van der Waals surface area contributed by atoms with Gasteiger partial charge in [-0.15, -0.1) is 0 Å². The van der Waals surface area contributed by atoms with Crippen molar-refractivity contribution in [3.8, 4) is 0 Å². The number of methoxy groups -OCH3 is 1. The van der Waals surface area contributed by atoms with E-state index >= 15 is 0 Å². The van der Waals surface area contributed by atoms with Crippen molar-refractivity contribution in [2.45, 2.75) is 12.8 Å². The van der Waals surface area contributed by atoms with E-state index < -0.39 is 5.97 Å². The van der Waals surface area contributed by atoms with Gasteiger partial charge in [-0.2, -0.15) is 0 Å². The second kappa shape index (κ2) is 4.35. The molecule has 3 fully saturated rings. The standard InChI is InChI=1S/C19H17NO4/c1-24-18(23)10-4-2-3-5-13(10)20-16(21)14-11-6-7-12(15(14)17(20)22)19(11)8-9-19/h2-7,11-12,14-15H,8-9H2,1H3/t11-,12+,14-,15-/m0/s1. The molecule has 1 aromatic rings. The molecular weight excluding hydrogens is 306 g/mol. The molecule has 24 heavy (non-hydrogen) atoms. The molecule has 5 rings (SSSR count). The number of amides is 2. The van der Waals surface area contributed by atoms with Gasteiger partial charge in [0.2, 0.25) is 11.8 Å². The number of para-hydroxylation sites is 1. The summed E-state index contributed by atoms with van der Waals surface area (Å²) in [7, 11) is 1.29. The predicted molar refractivity (Wildman–Crippen MR) is 85.0 cm³/mol. The van der Waals surface area contributed by atoms with Gasteiger partial charge in [-0.25, -0.2) is 9.69 Å². The lowest BCUT2D eigenvalue weighted by Crippen LogP contribution is -2.35. The van der Waals surface area contributed by atoms with Crippen molar-refractivity contribution in [1.29, 1.82) is 0 Å². The van der Waals surface area contributed by atoms with Crippen LogP contribution in [0.4, 0.5) is 5.69 Å². The van der Waals surface area contributed by atoms with Gasteiger partial charge in [0.05, 0.1) is 30.2 Å². The fourth-order valence-electron chi connectivity index (χ4n) is 5.27. The van der Waals surface area contributed by atoms with Crippen LogP contribution in [0, 0.1) is 29.1 Å². The van der Waals surface area contributed by atoms with E-state index in [1.807, 2.05) is 0 Å². The minimum absolute atomic E-state index is 0.163. The number of hydrogen-bond donors (Lipinski definition) is 0. The zero-order valence-electron chi connectivity index (χ0n) is 13.3. The average molecular weight is 323 g/mol. The topological polar surface area (TPSA) is 63.7 Å². The summed E-state index contributed by atoms with van der Waals surface area (Å²) in [5, 5.41) is 0. The third-order valence-corrected chi connectivity index (χ3v) is 6.40. The number of carbonyl (C=O) groups excluding carboxylic acids is 3. The fourth-order valence-corrected chi connectivity index (χ4v) is 5.27. The van der Waals surface area contributed by atoms with E-state index in [4.69, 9.17) is 4.74 Å². The molecule has 4 atom stereocenters. The van der Waals surface area contributed by atoms with E-state index in [1.165, 1.54) is 12.0 Å². The molecule has 3 aliphatic carbocycles. The maximum atomic E-state index is 13.1. The molecule has 1 spiro atoms. The van der Waals surface area contributed by atoms with Gasteiger partial charge in [0, 0.05) is 0 Å². The minimum atomic E-state index is -0.539. The number of benzene rings is 1. The van der Waals surface area contributed by atoms with E-state index in [-0.39, 0.29) is 46.5 Å². The Morgan fingerprint density at radius 3 is 2.21 bits per heavy atom. The Labute approximate surface area is 139 Å². The zero-order chi connectivity index (χ0) is 16.6. The lowest BCUT2D eigenvalue weighted by atomic mass is 9.85. The summed E-state index contributed by atoms with van der Waals surface area (Å²) in [5.74, 6) is -1.03. The van der Waals surface area contributed by atoms with Gasteiger partial charge >= 0.3 is 5.97 Å². The molecule has 0 aromatic heterocycles. The first kappa shape index (κ1) is 14.0. The highest BCUT2D eigenvalue weighted by atomic mass is 16.5. The van der Waals surface area contributed by atoms with Gasteiger partial charge in [-0.1, -0.05) is 24.3 Å². The van der Waals surface area contributed by atoms with Crippen molar-refractivity contribution in [2.75, 3.05) is 12.0 Å². The third-order valence-electron chi connectivity index (χ3n) is 6.40. The lowest BCUT2D eigenvalue weighted by Gasteiger charge is -2.23. The average Bonchev–Trinajstić information content (AvgIpc) is 3.19. The molecule has 5 nitrogen and oxygen atoms in total. The Kier molecular flexibility index (Phi) is 2.53. The van der Waals surface area contributed by atoms with Crippen LogP contribution in [-0.4, -0.2) is 24.9 Å². The number of fused-ring (bicyclic) bond motifs is 3. The number of hydrogen-bond acceptors (Lipinski definition) is 4. The second-order valence-corrected chi connectivity index (χ2v) is 7.24. The maximum Gasteiger partial charge on any atom is 0.339 e. The summed E-state index contributed by atoms with van der Waals surface area (Å²) in [6.45, 7) is 0. The van der Waals surface area contributed by atoms with Crippen molar-refractivity contribution >= 4 is 23.5 Å². The Morgan fingerprint density at radius 1 is 1.08 bits per heavy atom. The molecule has 1 saturated heterocycles. The largest absolute Gasteiger partial charge is 0.465 e. The molecule has 122 valence electrons. The number of nitrogens with zero attached hydrogens (tertiary/aromatic N) is 1. The summed E-state index contributed by atoms with van der Waals surface area (Å²) in [6.07, 6.45) is 6.50. The van der Waals surface area contributed by atoms with Gasteiger partial charge in [-0.05, 0) is 42.2 Å². The molecule has 4 aliphatic rings. The van der Waals surface area contributed by atoms with E-state index in [9.17, 15) is 14.4 Å². The van der Waals surface area contributed by atoms with Crippen molar-refractivity contribution < 1.29 is 19.1 Å². The minimum Gasteiger partial charge on any atom is -0.465 e.